The number of nitrogens with zero attached hydrogens (tertiary/aromatic N) is 1. The van der Waals surface area contributed by atoms with Gasteiger partial charge in [0.25, 0.3) is 0 Å². The van der Waals surface area contributed by atoms with Crippen molar-refractivity contribution in [3.63, 3.8) is 0 Å². The molecule has 4 heteroatoms. The molecule has 2 aliphatic heterocycles. The molecule has 0 aromatic carbocycles. The van der Waals surface area contributed by atoms with Gasteiger partial charge in [-0.2, -0.15) is 0 Å². The number of hydrogen-bond donors (Lipinski definition) is 0. The van der Waals surface area contributed by atoms with Gasteiger partial charge in [0.05, 0.1) is 6.61 Å². The van der Waals surface area contributed by atoms with Crippen molar-refractivity contribution in [3.8, 4) is 0 Å². The molecule has 1 atom stereocenters. The van der Waals surface area contributed by atoms with Crippen molar-refractivity contribution in [2.24, 2.45) is 0 Å². The molecule has 0 aromatic rings. The fourth-order valence-electron chi connectivity index (χ4n) is 2.07. The Balaban J connectivity index is 1.74. The van der Waals surface area contributed by atoms with Crippen LogP contribution < -0.4 is 0 Å². The smallest absolute Gasteiger partial charge is 0.412 e. The number of piperidine rings is 1. The van der Waals surface area contributed by atoms with E-state index in [1.807, 2.05) is 0 Å². The Morgan fingerprint density at radius 3 is 2.60 bits per heavy atom. The van der Waals surface area contributed by atoms with Crippen LogP contribution in [0, 0.1) is 0 Å². The highest BCUT2D eigenvalue weighted by Gasteiger charge is 2.23. The van der Waals surface area contributed by atoms with Crippen molar-refractivity contribution in [1.82, 2.24) is 4.90 Å². The Hall–Kier alpha value is -0.770. The molecular weight excluding hydrogens is 194 g/mol. The minimum absolute atomic E-state index is 0.193. The lowest BCUT2D eigenvalue weighted by atomic mass is 10.1. The van der Waals surface area contributed by atoms with E-state index in [0.717, 1.165) is 51.8 Å². The lowest BCUT2D eigenvalue weighted by Crippen LogP contribution is -2.39. The van der Waals surface area contributed by atoms with Gasteiger partial charge < -0.3 is 14.4 Å². The van der Waals surface area contributed by atoms with Gasteiger partial charge in [-0.25, -0.2) is 4.79 Å². The summed E-state index contributed by atoms with van der Waals surface area (Å²) in [6.07, 6.45) is 5.95. The van der Waals surface area contributed by atoms with E-state index < -0.39 is 0 Å². The maximum Gasteiger partial charge on any atom is 0.412 e. The molecule has 2 heterocycles. The highest BCUT2D eigenvalue weighted by molar-refractivity contribution is 5.67. The van der Waals surface area contributed by atoms with Crippen LogP contribution in [0.5, 0.6) is 0 Å². The van der Waals surface area contributed by atoms with Crippen LogP contribution in [0.3, 0.4) is 0 Å². The predicted molar refractivity (Wildman–Crippen MR) is 55.5 cm³/mol. The van der Waals surface area contributed by atoms with E-state index >= 15 is 0 Å². The van der Waals surface area contributed by atoms with Gasteiger partial charge in [0, 0.05) is 19.5 Å². The molecule has 2 saturated heterocycles. The van der Waals surface area contributed by atoms with E-state index in [1.54, 1.807) is 4.90 Å². The van der Waals surface area contributed by atoms with E-state index in [9.17, 15) is 4.79 Å². The van der Waals surface area contributed by atoms with Crippen molar-refractivity contribution in [2.45, 2.75) is 44.8 Å². The molecule has 0 N–H and O–H groups in total. The Morgan fingerprint density at radius 2 is 1.93 bits per heavy atom. The minimum Gasteiger partial charge on any atom is -0.419 e. The summed E-state index contributed by atoms with van der Waals surface area (Å²) in [6, 6.07) is 0. The van der Waals surface area contributed by atoms with Gasteiger partial charge in [0.15, 0.2) is 0 Å². The summed E-state index contributed by atoms with van der Waals surface area (Å²) in [5.41, 5.74) is 0. The van der Waals surface area contributed by atoms with Gasteiger partial charge in [0.2, 0.25) is 6.29 Å². The summed E-state index contributed by atoms with van der Waals surface area (Å²) in [4.78, 5) is 13.5. The molecule has 4 nitrogen and oxygen atoms in total. The number of carbonyl (C=O) groups is 1. The topological polar surface area (TPSA) is 38.8 Å². The highest BCUT2D eigenvalue weighted by atomic mass is 16.7. The maximum absolute atomic E-state index is 11.7. The quantitative estimate of drug-likeness (QED) is 0.669. The van der Waals surface area contributed by atoms with Crippen LogP contribution >= 0.6 is 0 Å². The van der Waals surface area contributed by atoms with Gasteiger partial charge in [-0.1, -0.05) is 0 Å². The zero-order chi connectivity index (χ0) is 10.5. The third-order valence-corrected chi connectivity index (χ3v) is 2.98. The molecule has 2 fully saturated rings. The first-order chi connectivity index (χ1) is 7.36. The Kier molecular flexibility index (Phi) is 3.83. The third-order valence-electron chi connectivity index (χ3n) is 2.98. The maximum atomic E-state index is 11.7. The van der Waals surface area contributed by atoms with Gasteiger partial charge in [-0.15, -0.1) is 0 Å². The first kappa shape index (κ1) is 10.7. The van der Waals surface area contributed by atoms with E-state index in [0.29, 0.717) is 0 Å². The predicted octanol–water partition coefficient (Wildman–Crippen LogP) is 2.14. The molecule has 1 amide bonds. The summed E-state index contributed by atoms with van der Waals surface area (Å²) >= 11 is 0. The zero-order valence-corrected chi connectivity index (χ0v) is 9.11. The number of carbonyl (C=O) groups excluding carboxylic acids is 1. The first-order valence-electron chi connectivity index (χ1n) is 5.93. The molecule has 15 heavy (non-hydrogen) atoms. The van der Waals surface area contributed by atoms with Crippen molar-refractivity contribution < 1.29 is 14.3 Å². The number of ether oxygens (including phenoxy) is 2. The second-order valence-corrected chi connectivity index (χ2v) is 4.23. The number of rotatable bonds is 1. The Labute approximate surface area is 90.5 Å². The second kappa shape index (κ2) is 5.35. The van der Waals surface area contributed by atoms with Crippen molar-refractivity contribution in [1.29, 1.82) is 0 Å². The first-order valence-corrected chi connectivity index (χ1v) is 5.93. The van der Waals surface area contributed by atoms with Crippen molar-refractivity contribution >= 4 is 6.09 Å². The van der Waals surface area contributed by atoms with Gasteiger partial charge in [0.1, 0.15) is 0 Å². The largest absolute Gasteiger partial charge is 0.419 e. The van der Waals surface area contributed by atoms with Crippen LogP contribution in [0.4, 0.5) is 4.79 Å². The normalized spacial score (nSPS) is 27.5. The monoisotopic (exact) mass is 213 g/mol. The molecule has 1 unspecified atom stereocenters. The minimum atomic E-state index is -0.298. The van der Waals surface area contributed by atoms with E-state index in [1.165, 1.54) is 6.42 Å². The van der Waals surface area contributed by atoms with Crippen LogP contribution in [0.25, 0.3) is 0 Å². The molecule has 0 saturated carbocycles. The molecule has 0 aliphatic carbocycles. The summed E-state index contributed by atoms with van der Waals surface area (Å²) in [7, 11) is 0. The lowest BCUT2D eigenvalue weighted by Gasteiger charge is -2.29. The number of amides is 1. The van der Waals surface area contributed by atoms with E-state index in [4.69, 9.17) is 9.47 Å². The van der Waals surface area contributed by atoms with Crippen LogP contribution in [0.2, 0.25) is 0 Å². The summed E-state index contributed by atoms with van der Waals surface area (Å²) < 4.78 is 10.7. The summed E-state index contributed by atoms with van der Waals surface area (Å²) in [5.74, 6) is 0. The van der Waals surface area contributed by atoms with Crippen LogP contribution in [-0.2, 0) is 9.47 Å². The molecule has 0 aromatic heterocycles. The molecule has 0 radical (unpaired) electrons. The third kappa shape index (κ3) is 3.09. The number of likely N-dealkylation sites (tertiary alicyclic amines) is 1. The van der Waals surface area contributed by atoms with Crippen LogP contribution in [0.15, 0.2) is 0 Å². The van der Waals surface area contributed by atoms with Gasteiger partial charge in [-0.05, 0) is 32.1 Å². The van der Waals surface area contributed by atoms with Crippen LogP contribution in [0.1, 0.15) is 38.5 Å². The summed E-state index contributed by atoms with van der Waals surface area (Å²) in [5, 5.41) is 0. The standard InChI is InChI=1S/C11H19NO3/c13-11(12-7-3-1-4-8-12)15-10-6-2-5-9-14-10/h10H,1-9H2. The Morgan fingerprint density at radius 1 is 1.13 bits per heavy atom. The fraction of sp³-hybridized carbons (Fsp3) is 0.909. The van der Waals surface area contributed by atoms with E-state index in [-0.39, 0.29) is 12.4 Å². The Bertz CT molecular complexity index is 208. The second-order valence-electron chi connectivity index (χ2n) is 4.23. The average Bonchev–Trinajstić information content (AvgIpc) is 2.31. The SMILES string of the molecule is O=C(OC1CCCCO1)N1CCCCC1. The van der Waals surface area contributed by atoms with Crippen molar-refractivity contribution in [3.05, 3.63) is 0 Å². The average molecular weight is 213 g/mol. The lowest BCUT2D eigenvalue weighted by molar-refractivity contribution is -0.133. The van der Waals surface area contributed by atoms with Gasteiger partial charge in [-0.3, -0.25) is 0 Å². The molecule has 86 valence electrons. The number of hydrogen-bond acceptors (Lipinski definition) is 3. The fourth-order valence-corrected chi connectivity index (χ4v) is 2.07. The highest BCUT2D eigenvalue weighted by Crippen LogP contribution is 2.16. The molecule has 0 spiro atoms. The molecule has 0 bridgehead atoms. The molecule has 2 rings (SSSR count). The van der Waals surface area contributed by atoms with Gasteiger partial charge >= 0.3 is 6.09 Å². The molecule has 2 aliphatic rings. The zero-order valence-electron chi connectivity index (χ0n) is 9.11. The van der Waals surface area contributed by atoms with E-state index in [2.05, 4.69) is 0 Å². The van der Waals surface area contributed by atoms with Crippen molar-refractivity contribution in [2.75, 3.05) is 19.7 Å². The molecular formula is C11H19NO3. The van der Waals surface area contributed by atoms with Crippen LogP contribution in [-0.4, -0.2) is 37.0 Å². The summed E-state index contributed by atoms with van der Waals surface area (Å²) in [6.45, 7) is 2.40.